The second-order valence-electron chi connectivity index (χ2n) is 6.98. The van der Waals surface area contributed by atoms with Gasteiger partial charge in [0, 0.05) is 8.07 Å². The Hall–Kier alpha value is -0.393. The molecule has 0 spiro atoms. The van der Waals surface area contributed by atoms with Crippen molar-refractivity contribution in [2.75, 3.05) is 0 Å². The summed E-state index contributed by atoms with van der Waals surface area (Å²) < 4.78 is 32.2. The second kappa shape index (κ2) is 5.18. The van der Waals surface area contributed by atoms with E-state index in [-0.39, 0.29) is 10.3 Å². The molecule has 1 aliphatic carbocycles. The molecular formula is C14H26O3SSi. The van der Waals surface area contributed by atoms with Crippen molar-refractivity contribution in [1.29, 1.82) is 0 Å². The third-order valence-electron chi connectivity index (χ3n) is 4.08. The Morgan fingerprint density at radius 2 is 1.95 bits per heavy atom. The first-order chi connectivity index (χ1) is 8.40. The molecule has 0 aliphatic heterocycles. The van der Waals surface area contributed by atoms with E-state index in [0.29, 0.717) is 12.0 Å². The first kappa shape index (κ1) is 16.7. The normalized spacial score (nSPS) is 26.7. The molecule has 0 heterocycles. The summed E-state index contributed by atoms with van der Waals surface area (Å²) in [5, 5.41) is 0. The molecule has 1 N–H and O–H groups in total. The summed E-state index contributed by atoms with van der Waals surface area (Å²) in [7, 11) is -5.49. The van der Waals surface area contributed by atoms with Gasteiger partial charge in [-0.3, -0.25) is 4.55 Å². The lowest BCUT2D eigenvalue weighted by molar-refractivity contribution is 0.367. The zero-order valence-corrected chi connectivity index (χ0v) is 14.6. The summed E-state index contributed by atoms with van der Waals surface area (Å²) in [4.78, 5) is 0.159. The fraction of sp³-hybridized carbons (Fsp3) is 0.714. The number of hydrogen-bond acceptors (Lipinski definition) is 2. The van der Waals surface area contributed by atoms with Crippen LogP contribution in [-0.4, -0.2) is 21.0 Å². The van der Waals surface area contributed by atoms with Gasteiger partial charge in [0.2, 0.25) is 0 Å². The second-order valence-corrected chi connectivity index (χ2v) is 13.9. The van der Waals surface area contributed by atoms with E-state index < -0.39 is 18.2 Å². The van der Waals surface area contributed by atoms with Crippen molar-refractivity contribution in [3.63, 3.8) is 0 Å². The van der Waals surface area contributed by atoms with Crippen LogP contribution in [-0.2, 0) is 10.1 Å². The van der Waals surface area contributed by atoms with E-state index in [1.165, 1.54) is 0 Å². The molecule has 1 rings (SSSR count). The highest BCUT2D eigenvalue weighted by Crippen LogP contribution is 2.50. The summed E-state index contributed by atoms with van der Waals surface area (Å²) in [6, 6.07) is 0. The Labute approximate surface area is 118 Å². The van der Waals surface area contributed by atoms with Crippen LogP contribution in [0.4, 0.5) is 0 Å². The minimum Gasteiger partial charge on any atom is -0.282 e. The molecule has 0 aromatic heterocycles. The molecule has 110 valence electrons. The Kier molecular flexibility index (Phi) is 4.55. The van der Waals surface area contributed by atoms with Crippen molar-refractivity contribution in [3.05, 3.63) is 22.6 Å². The maximum absolute atomic E-state index is 11.5. The lowest BCUT2D eigenvalue weighted by Crippen LogP contribution is -2.40. The Bertz CT molecular complexity index is 511. The van der Waals surface area contributed by atoms with Crippen LogP contribution in [0.1, 0.15) is 33.6 Å². The van der Waals surface area contributed by atoms with Gasteiger partial charge in [-0.1, -0.05) is 51.6 Å². The van der Waals surface area contributed by atoms with Crippen molar-refractivity contribution in [2.45, 2.75) is 58.8 Å². The SMILES string of the molecule is CCC(C1(C)C=C(C)C=C(S(=O)(=O)O)C1)[Si](C)(C)C. The average Bonchev–Trinajstić information content (AvgIpc) is 2.12. The molecule has 19 heavy (non-hydrogen) atoms. The maximum Gasteiger partial charge on any atom is 0.290 e. The van der Waals surface area contributed by atoms with E-state index in [1.54, 1.807) is 6.08 Å². The lowest BCUT2D eigenvalue weighted by atomic mass is 9.77. The number of allylic oxidation sites excluding steroid dienone is 4. The fourth-order valence-electron chi connectivity index (χ4n) is 3.75. The van der Waals surface area contributed by atoms with E-state index in [0.717, 1.165) is 12.0 Å². The van der Waals surface area contributed by atoms with Crippen LogP contribution in [0.25, 0.3) is 0 Å². The summed E-state index contributed by atoms with van der Waals surface area (Å²) >= 11 is 0. The maximum atomic E-state index is 11.5. The quantitative estimate of drug-likeness (QED) is 0.624. The smallest absolute Gasteiger partial charge is 0.282 e. The molecule has 5 heteroatoms. The van der Waals surface area contributed by atoms with E-state index in [1.807, 2.05) is 6.92 Å². The van der Waals surface area contributed by atoms with Gasteiger partial charge >= 0.3 is 0 Å². The Morgan fingerprint density at radius 3 is 2.32 bits per heavy atom. The predicted molar refractivity (Wildman–Crippen MR) is 83.5 cm³/mol. The van der Waals surface area contributed by atoms with Gasteiger partial charge < -0.3 is 0 Å². The molecule has 0 saturated heterocycles. The minimum absolute atomic E-state index is 0.159. The molecule has 0 amide bonds. The van der Waals surface area contributed by atoms with Crippen molar-refractivity contribution in [2.24, 2.45) is 5.41 Å². The van der Waals surface area contributed by atoms with Crippen molar-refractivity contribution in [1.82, 2.24) is 0 Å². The molecule has 3 nitrogen and oxygen atoms in total. The van der Waals surface area contributed by atoms with Crippen molar-refractivity contribution in [3.8, 4) is 0 Å². The molecule has 0 aromatic rings. The summed E-state index contributed by atoms with van der Waals surface area (Å²) in [6.07, 6.45) is 5.23. The molecule has 2 unspecified atom stereocenters. The van der Waals surface area contributed by atoms with Gasteiger partial charge in [-0.25, -0.2) is 0 Å². The monoisotopic (exact) mass is 302 g/mol. The molecule has 0 aromatic carbocycles. The largest absolute Gasteiger partial charge is 0.290 e. The topological polar surface area (TPSA) is 54.4 Å². The van der Waals surface area contributed by atoms with Gasteiger partial charge in [0.15, 0.2) is 0 Å². The van der Waals surface area contributed by atoms with Crippen LogP contribution >= 0.6 is 0 Å². The molecule has 1 aliphatic rings. The van der Waals surface area contributed by atoms with Crippen LogP contribution in [0, 0.1) is 5.41 Å². The Morgan fingerprint density at radius 1 is 1.42 bits per heavy atom. The number of hydrogen-bond donors (Lipinski definition) is 1. The van der Waals surface area contributed by atoms with E-state index in [4.69, 9.17) is 0 Å². The van der Waals surface area contributed by atoms with Crippen molar-refractivity contribution < 1.29 is 13.0 Å². The summed E-state index contributed by atoms with van der Waals surface area (Å²) in [6.45, 7) is 13.2. The molecule has 0 radical (unpaired) electrons. The lowest BCUT2D eigenvalue weighted by Gasteiger charge is -2.44. The zero-order chi connectivity index (χ0) is 15.1. The van der Waals surface area contributed by atoms with Gasteiger partial charge in [-0.05, 0) is 30.4 Å². The van der Waals surface area contributed by atoms with Gasteiger partial charge in [0.05, 0.1) is 4.91 Å². The van der Waals surface area contributed by atoms with Crippen LogP contribution in [0.5, 0.6) is 0 Å². The fourth-order valence-corrected chi connectivity index (χ4v) is 7.97. The van der Waals surface area contributed by atoms with Crippen LogP contribution in [0.3, 0.4) is 0 Å². The highest BCUT2D eigenvalue weighted by Gasteiger charge is 2.42. The van der Waals surface area contributed by atoms with Gasteiger partial charge in [-0.2, -0.15) is 8.42 Å². The van der Waals surface area contributed by atoms with E-state index in [9.17, 15) is 13.0 Å². The summed E-state index contributed by atoms with van der Waals surface area (Å²) in [5.41, 5.74) is 1.24. The van der Waals surface area contributed by atoms with E-state index >= 15 is 0 Å². The standard InChI is InChI=1S/C14H26O3SSi/c1-7-13(19(4,5)6)14(3)9-11(2)8-12(10-14)18(15,16)17/h8-9,13H,7,10H2,1-6H3,(H,15,16,17). The number of rotatable bonds is 4. The third kappa shape index (κ3) is 3.80. The van der Waals surface area contributed by atoms with E-state index in [2.05, 4.69) is 39.6 Å². The van der Waals surface area contributed by atoms with Gasteiger partial charge in [0.1, 0.15) is 0 Å². The van der Waals surface area contributed by atoms with Gasteiger partial charge in [0.25, 0.3) is 10.1 Å². The highest BCUT2D eigenvalue weighted by molar-refractivity contribution is 7.89. The molecular weight excluding hydrogens is 276 g/mol. The molecule has 2 atom stereocenters. The van der Waals surface area contributed by atoms with Gasteiger partial charge in [-0.15, -0.1) is 0 Å². The third-order valence-corrected chi connectivity index (χ3v) is 8.17. The van der Waals surface area contributed by atoms with Crippen LogP contribution in [0.15, 0.2) is 22.6 Å². The highest BCUT2D eigenvalue weighted by atomic mass is 32.2. The average molecular weight is 303 g/mol. The minimum atomic E-state index is -4.08. The van der Waals surface area contributed by atoms with Crippen LogP contribution < -0.4 is 0 Å². The molecule has 0 saturated carbocycles. The molecule has 0 fully saturated rings. The first-order valence-corrected chi connectivity index (χ1v) is 11.8. The van der Waals surface area contributed by atoms with Crippen LogP contribution in [0.2, 0.25) is 25.2 Å². The van der Waals surface area contributed by atoms with Crippen molar-refractivity contribution >= 4 is 18.2 Å². The predicted octanol–water partition coefficient (Wildman–Crippen LogP) is 4.23. The summed E-state index contributed by atoms with van der Waals surface area (Å²) in [5.74, 6) is 0. The molecule has 0 bridgehead atoms. The first-order valence-electron chi connectivity index (χ1n) is 6.77. The Balaban J connectivity index is 3.26. The zero-order valence-electron chi connectivity index (χ0n) is 12.8.